The number of hydrogen-bond donors (Lipinski definition) is 2. The Morgan fingerprint density at radius 3 is 2.26 bits per heavy atom. The largest absolute Gasteiger partial charge is 0.491 e. The molecule has 2 N–H and O–H groups in total. The molecule has 2 aromatic rings. The molecule has 0 aromatic heterocycles. The predicted octanol–water partition coefficient (Wildman–Crippen LogP) is 1.89. The van der Waals surface area contributed by atoms with Gasteiger partial charge in [-0.15, -0.1) is 0 Å². The number of carbonyl (C=O) groups is 4. The van der Waals surface area contributed by atoms with Crippen LogP contribution < -0.4 is 4.74 Å². The molecule has 0 spiro atoms. The van der Waals surface area contributed by atoms with Crippen molar-refractivity contribution in [1.82, 2.24) is 9.80 Å². The summed E-state index contributed by atoms with van der Waals surface area (Å²) in [5, 5.41) is 18.7. The van der Waals surface area contributed by atoms with Gasteiger partial charge in [0.2, 0.25) is 5.91 Å². The zero-order valence-electron chi connectivity index (χ0n) is 19.1. The van der Waals surface area contributed by atoms with Gasteiger partial charge < -0.3 is 19.8 Å². The summed E-state index contributed by atoms with van der Waals surface area (Å²) in [7, 11) is 0. The summed E-state index contributed by atoms with van der Waals surface area (Å²) >= 11 is 0. The van der Waals surface area contributed by atoms with Crippen molar-refractivity contribution in [3.05, 3.63) is 64.7 Å². The number of aliphatic carboxylic acids is 1. The molecule has 2 aliphatic heterocycles. The topological polar surface area (TPSA) is 124 Å². The predicted molar refractivity (Wildman–Crippen MR) is 123 cm³/mol. The lowest BCUT2D eigenvalue weighted by Gasteiger charge is -2.43. The molecular formula is C26H26N2O7. The molecule has 0 bridgehead atoms. The van der Waals surface area contributed by atoms with Crippen LogP contribution in [0.15, 0.2) is 42.5 Å². The monoisotopic (exact) mass is 478 g/mol. The first-order valence-corrected chi connectivity index (χ1v) is 11.8. The molecule has 5 rings (SSSR count). The van der Waals surface area contributed by atoms with Crippen LogP contribution in [0.2, 0.25) is 0 Å². The van der Waals surface area contributed by atoms with Gasteiger partial charge in [0.1, 0.15) is 12.4 Å². The van der Waals surface area contributed by atoms with E-state index in [9.17, 15) is 29.4 Å². The number of carboxylic acid groups (broad SMARTS) is 1. The van der Waals surface area contributed by atoms with E-state index in [-0.39, 0.29) is 25.7 Å². The lowest BCUT2D eigenvalue weighted by molar-refractivity contribution is -0.158. The number of imide groups is 1. The van der Waals surface area contributed by atoms with Crippen molar-refractivity contribution in [1.29, 1.82) is 0 Å². The summed E-state index contributed by atoms with van der Waals surface area (Å²) in [6, 6.07) is 11.4. The Balaban J connectivity index is 1.50. The smallest absolute Gasteiger partial charge is 0.307 e. The first-order valence-electron chi connectivity index (χ1n) is 11.8. The number of fused-ring (bicyclic) bond motifs is 2. The number of aliphatic hydroxyl groups is 1. The lowest BCUT2D eigenvalue weighted by Crippen LogP contribution is -2.52. The minimum absolute atomic E-state index is 0.0427. The Labute approximate surface area is 201 Å². The van der Waals surface area contributed by atoms with Gasteiger partial charge in [0.05, 0.1) is 42.2 Å². The summed E-state index contributed by atoms with van der Waals surface area (Å²) in [5.74, 6) is -2.82. The summed E-state index contributed by atoms with van der Waals surface area (Å²) < 4.78 is 5.71. The number of carbonyl (C=O) groups excluding carboxylic acids is 3. The highest BCUT2D eigenvalue weighted by Crippen LogP contribution is 2.42. The van der Waals surface area contributed by atoms with Crippen molar-refractivity contribution in [3.63, 3.8) is 0 Å². The van der Waals surface area contributed by atoms with Crippen LogP contribution in [0.25, 0.3) is 0 Å². The Morgan fingerprint density at radius 1 is 0.971 bits per heavy atom. The fourth-order valence-electron chi connectivity index (χ4n) is 5.35. The Bertz CT molecular complexity index is 1170. The normalized spacial score (nSPS) is 22.9. The van der Waals surface area contributed by atoms with Gasteiger partial charge in [-0.2, -0.15) is 0 Å². The van der Waals surface area contributed by atoms with Crippen molar-refractivity contribution in [3.8, 4) is 5.75 Å². The maximum absolute atomic E-state index is 13.5. The van der Waals surface area contributed by atoms with Gasteiger partial charge in [-0.05, 0) is 43.0 Å². The third-order valence-corrected chi connectivity index (χ3v) is 7.28. The van der Waals surface area contributed by atoms with E-state index in [0.29, 0.717) is 42.7 Å². The quantitative estimate of drug-likeness (QED) is 0.583. The third kappa shape index (κ3) is 3.85. The van der Waals surface area contributed by atoms with E-state index >= 15 is 0 Å². The van der Waals surface area contributed by atoms with Crippen molar-refractivity contribution in [2.45, 2.75) is 25.3 Å². The van der Waals surface area contributed by atoms with Crippen LogP contribution in [0.1, 0.15) is 50.7 Å². The second kappa shape index (κ2) is 9.14. The van der Waals surface area contributed by atoms with Gasteiger partial charge in [0.15, 0.2) is 0 Å². The van der Waals surface area contributed by atoms with E-state index in [4.69, 9.17) is 4.74 Å². The molecule has 1 saturated carbocycles. The third-order valence-electron chi connectivity index (χ3n) is 7.28. The van der Waals surface area contributed by atoms with Crippen LogP contribution >= 0.6 is 0 Å². The van der Waals surface area contributed by atoms with E-state index < -0.39 is 35.7 Å². The van der Waals surface area contributed by atoms with Crippen LogP contribution in [0, 0.1) is 11.8 Å². The molecule has 1 fully saturated rings. The van der Waals surface area contributed by atoms with E-state index in [1.165, 1.54) is 4.90 Å². The van der Waals surface area contributed by atoms with E-state index in [0.717, 1.165) is 11.1 Å². The molecule has 9 nitrogen and oxygen atoms in total. The Morgan fingerprint density at radius 2 is 1.66 bits per heavy atom. The number of amides is 3. The average molecular weight is 479 g/mol. The van der Waals surface area contributed by atoms with E-state index in [1.54, 1.807) is 41.3 Å². The molecule has 0 saturated heterocycles. The number of aliphatic hydroxyl groups excluding tert-OH is 1. The molecule has 0 radical (unpaired) electrons. The number of rotatable bonds is 7. The number of carboxylic acids is 1. The minimum atomic E-state index is -0.983. The molecule has 3 amide bonds. The van der Waals surface area contributed by atoms with Gasteiger partial charge in [0.25, 0.3) is 11.8 Å². The molecule has 1 aliphatic carbocycles. The zero-order valence-corrected chi connectivity index (χ0v) is 19.1. The first kappa shape index (κ1) is 23.0. The fraction of sp³-hybridized carbons (Fsp3) is 0.385. The second-order valence-electron chi connectivity index (χ2n) is 9.09. The Hall–Kier alpha value is -3.72. The van der Waals surface area contributed by atoms with Crippen molar-refractivity contribution < 1.29 is 34.1 Å². The first-order chi connectivity index (χ1) is 16.9. The lowest BCUT2D eigenvalue weighted by atomic mass is 9.72. The highest BCUT2D eigenvalue weighted by atomic mass is 16.5. The molecule has 2 heterocycles. The SMILES string of the molecule is O=C(O)[C@H]1CC[C@H]1C(=O)N1CCc2c(OCCO)cccc2[C@H]1CN1C(=O)c2ccccc2C1=O. The molecule has 2 aromatic carbocycles. The van der Waals surface area contributed by atoms with Crippen LogP contribution in [0.5, 0.6) is 5.75 Å². The molecule has 0 unspecified atom stereocenters. The van der Waals surface area contributed by atoms with Gasteiger partial charge in [-0.3, -0.25) is 24.1 Å². The summed E-state index contributed by atoms with van der Waals surface area (Å²) in [5.41, 5.74) is 2.27. The molecule has 3 atom stereocenters. The summed E-state index contributed by atoms with van der Waals surface area (Å²) in [4.78, 5) is 54.1. The van der Waals surface area contributed by atoms with Crippen molar-refractivity contribution in [2.24, 2.45) is 11.8 Å². The molecule has 182 valence electrons. The molecule has 35 heavy (non-hydrogen) atoms. The average Bonchev–Trinajstić information content (AvgIpc) is 3.06. The number of benzene rings is 2. The van der Waals surface area contributed by atoms with Gasteiger partial charge >= 0.3 is 5.97 Å². The summed E-state index contributed by atoms with van der Waals surface area (Å²) in [6.45, 7) is 0.233. The standard InChI is InChI=1S/C26H26N2O7/c29-12-13-35-22-7-3-6-15-16(22)10-11-27(23(30)19-8-9-20(19)26(33)34)21(15)14-28-24(31)17-4-1-2-5-18(17)25(28)32/h1-7,19-21,29H,8-14H2,(H,33,34)/t19-,20+,21-/m1/s1. The fourth-order valence-corrected chi connectivity index (χ4v) is 5.35. The Kier molecular flexibility index (Phi) is 6.02. The van der Waals surface area contributed by atoms with Crippen LogP contribution in [0.3, 0.4) is 0 Å². The number of ether oxygens (including phenoxy) is 1. The molecular weight excluding hydrogens is 452 g/mol. The van der Waals surface area contributed by atoms with Gasteiger partial charge in [0, 0.05) is 12.1 Å². The van der Waals surface area contributed by atoms with Crippen molar-refractivity contribution >= 4 is 23.7 Å². The van der Waals surface area contributed by atoms with E-state index in [1.807, 2.05) is 6.07 Å². The van der Waals surface area contributed by atoms with Gasteiger partial charge in [-0.25, -0.2) is 0 Å². The minimum Gasteiger partial charge on any atom is -0.491 e. The molecule has 9 heteroatoms. The van der Waals surface area contributed by atoms with Gasteiger partial charge in [-0.1, -0.05) is 24.3 Å². The van der Waals surface area contributed by atoms with Crippen LogP contribution in [-0.2, 0) is 16.0 Å². The number of nitrogens with zero attached hydrogens (tertiary/aromatic N) is 2. The van der Waals surface area contributed by atoms with Crippen LogP contribution in [-0.4, -0.2) is 70.0 Å². The zero-order chi connectivity index (χ0) is 24.7. The maximum Gasteiger partial charge on any atom is 0.307 e. The maximum atomic E-state index is 13.5. The summed E-state index contributed by atoms with van der Waals surface area (Å²) in [6.07, 6.45) is 1.43. The molecule has 3 aliphatic rings. The highest BCUT2D eigenvalue weighted by molar-refractivity contribution is 6.21. The highest BCUT2D eigenvalue weighted by Gasteiger charge is 2.47. The second-order valence-corrected chi connectivity index (χ2v) is 9.09. The van der Waals surface area contributed by atoms with E-state index in [2.05, 4.69) is 0 Å². The number of hydrogen-bond acceptors (Lipinski definition) is 6. The van der Waals surface area contributed by atoms with Crippen LogP contribution in [0.4, 0.5) is 0 Å². The van der Waals surface area contributed by atoms with Crippen molar-refractivity contribution in [2.75, 3.05) is 26.3 Å².